The number of carbonyl (C=O) groups excluding carboxylic acids is 1. The average molecular weight is 533 g/mol. The Bertz CT molecular complexity index is 1230. The van der Waals surface area contributed by atoms with Crippen LogP contribution in [-0.4, -0.2) is 27.3 Å². The third kappa shape index (κ3) is 7.17. The third-order valence-corrected chi connectivity index (χ3v) is 6.61. The van der Waals surface area contributed by atoms with Gasteiger partial charge < -0.3 is 9.47 Å². The SMILES string of the molecule is CCCn1c(CCCc2ccc(OC(C)(C)C(=O)OCC)cc2)cn(Cc2ccc(Cl)c(Cl)c2)c1=O. The summed E-state index contributed by atoms with van der Waals surface area (Å²) in [6.07, 6.45) is 5.38. The number of benzene rings is 2. The minimum absolute atomic E-state index is 0.0105. The van der Waals surface area contributed by atoms with Gasteiger partial charge in [-0.05, 0) is 81.8 Å². The second-order valence-electron chi connectivity index (χ2n) is 9.26. The largest absolute Gasteiger partial charge is 0.476 e. The van der Waals surface area contributed by atoms with Crippen molar-refractivity contribution in [2.45, 2.75) is 72.1 Å². The zero-order valence-corrected chi connectivity index (χ0v) is 22.9. The molecule has 0 amide bonds. The Hall–Kier alpha value is -2.70. The van der Waals surface area contributed by atoms with Gasteiger partial charge >= 0.3 is 11.7 Å². The van der Waals surface area contributed by atoms with Crippen LogP contribution in [-0.2, 0) is 35.5 Å². The van der Waals surface area contributed by atoms with E-state index in [0.29, 0.717) is 35.5 Å². The summed E-state index contributed by atoms with van der Waals surface area (Å²) < 4.78 is 14.5. The van der Waals surface area contributed by atoms with Crippen LogP contribution >= 0.6 is 23.2 Å². The molecule has 0 spiro atoms. The van der Waals surface area contributed by atoms with Crippen molar-refractivity contribution >= 4 is 29.2 Å². The first-order chi connectivity index (χ1) is 17.1. The minimum Gasteiger partial charge on any atom is -0.476 e. The molecule has 2 aromatic carbocycles. The number of nitrogens with zero attached hydrogens (tertiary/aromatic N) is 2. The summed E-state index contributed by atoms with van der Waals surface area (Å²) in [6, 6.07) is 13.2. The molecular weight excluding hydrogens is 499 g/mol. The van der Waals surface area contributed by atoms with Crippen LogP contribution in [0.5, 0.6) is 5.75 Å². The molecule has 3 aromatic rings. The molecule has 6 nitrogen and oxygen atoms in total. The van der Waals surface area contributed by atoms with Gasteiger partial charge in [-0.3, -0.25) is 9.13 Å². The first-order valence-corrected chi connectivity index (χ1v) is 13.1. The number of halogens is 2. The van der Waals surface area contributed by atoms with Crippen LogP contribution < -0.4 is 10.4 Å². The maximum atomic E-state index is 13.0. The molecular formula is C28H34Cl2N2O4. The number of ether oxygens (including phenoxy) is 2. The van der Waals surface area contributed by atoms with Crippen molar-refractivity contribution < 1.29 is 14.3 Å². The van der Waals surface area contributed by atoms with Gasteiger partial charge in [-0.15, -0.1) is 0 Å². The standard InChI is InChI=1S/C28H34Cl2N2O4/c1-5-16-32-22(19-31(27(32)34)18-21-12-15-24(29)25(30)17-21)9-7-8-20-10-13-23(14-11-20)36-28(3,4)26(33)35-6-2/h10-15,17,19H,5-9,16,18H2,1-4H3. The predicted octanol–water partition coefficient (Wildman–Crippen LogP) is 6.31. The summed E-state index contributed by atoms with van der Waals surface area (Å²) in [5.41, 5.74) is 2.06. The third-order valence-electron chi connectivity index (χ3n) is 5.87. The monoisotopic (exact) mass is 532 g/mol. The molecule has 1 heterocycles. The number of carbonyl (C=O) groups is 1. The Morgan fingerprint density at radius 2 is 1.67 bits per heavy atom. The summed E-state index contributed by atoms with van der Waals surface area (Å²) in [5.74, 6) is 0.228. The van der Waals surface area contributed by atoms with Crippen molar-refractivity contribution in [2.75, 3.05) is 6.61 Å². The molecule has 0 aliphatic rings. The number of aromatic nitrogens is 2. The lowest BCUT2D eigenvalue weighted by Gasteiger charge is -2.24. The fourth-order valence-corrected chi connectivity index (χ4v) is 4.35. The molecule has 0 aliphatic heterocycles. The number of aryl methyl sites for hydroxylation is 2. The maximum absolute atomic E-state index is 13.0. The van der Waals surface area contributed by atoms with E-state index < -0.39 is 11.6 Å². The molecule has 8 heteroatoms. The fourth-order valence-electron chi connectivity index (χ4n) is 4.03. The summed E-state index contributed by atoms with van der Waals surface area (Å²) in [5, 5.41) is 0.982. The predicted molar refractivity (Wildman–Crippen MR) is 144 cm³/mol. The van der Waals surface area contributed by atoms with E-state index in [9.17, 15) is 9.59 Å². The Kier molecular flexibility index (Phi) is 9.69. The van der Waals surface area contributed by atoms with Crippen LogP contribution in [0, 0.1) is 0 Å². The highest BCUT2D eigenvalue weighted by molar-refractivity contribution is 6.42. The molecule has 1 aromatic heterocycles. The first kappa shape index (κ1) is 27.9. The lowest BCUT2D eigenvalue weighted by atomic mass is 10.1. The zero-order chi connectivity index (χ0) is 26.3. The van der Waals surface area contributed by atoms with E-state index in [2.05, 4.69) is 6.92 Å². The normalized spacial score (nSPS) is 11.5. The highest BCUT2D eigenvalue weighted by Crippen LogP contribution is 2.23. The van der Waals surface area contributed by atoms with Crippen molar-refractivity contribution in [1.82, 2.24) is 9.13 Å². The minimum atomic E-state index is -1.05. The fraction of sp³-hybridized carbons (Fsp3) is 0.429. The van der Waals surface area contributed by atoms with Gasteiger partial charge in [0.25, 0.3) is 0 Å². The summed E-state index contributed by atoms with van der Waals surface area (Å²) >= 11 is 12.2. The van der Waals surface area contributed by atoms with Crippen molar-refractivity contribution in [2.24, 2.45) is 0 Å². The number of imidazole rings is 1. The molecule has 194 valence electrons. The highest BCUT2D eigenvalue weighted by Gasteiger charge is 2.31. The van der Waals surface area contributed by atoms with E-state index >= 15 is 0 Å². The molecule has 0 fully saturated rings. The molecule has 36 heavy (non-hydrogen) atoms. The number of hydrogen-bond donors (Lipinski definition) is 0. The lowest BCUT2D eigenvalue weighted by molar-refractivity contribution is -0.158. The number of rotatable bonds is 12. The van der Waals surface area contributed by atoms with Crippen LogP contribution in [0.15, 0.2) is 53.5 Å². The van der Waals surface area contributed by atoms with Crippen molar-refractivity contribution in [3.63, 3.8) is 0 Å². The van der Waals surface area contributed by atoms with Crippen LogP contribution in [0.4, 0.5) is 0 Å². The van der Waals surface area contributed by atoms with E-state index in [1.807, 2.05) is 41.1 Å². The molecule has 0 unspecified atom stereocenters. The van der Waals surface area contributed by atoms with Crippen LogP contribution in [0.25, 0.3) is 0 Å². The zero-order valence-electron chi connectivity index (χ0n) is 21.4. The van der Waals surface area contributed by atoms with Crippen LogP contribution in [0.2, 0.25) is 10.0 Å². The van der Waals surface area contributed by atoms with Gasteiger partial charge in [-0.1, -0.05) is 48.3 Å². The number of esters is 1. The van der Waals surface area contributed by atoms with E-state index in [1.54, 1.807) is 37.5 Å². The second kappa shape index (κ2) is 12.5. The molecule has 0 N–H and O–H groups in total. The summed E-state index contributed by atoms with van der Waals surface area (Å²) in [7, 11) is 0. The van der Waals surface area contributed by atoms with Gasteiger partial charge in [0.15, 0.2) is 5.60 Å². The van der Waals surface area contributed by atoms with Crippen LogP contribution in [0.1, 0.15) is 57.4 Å². The summed E-state index contributed by atoms with van der Waals surface area (Å²) in [4.78, 5) is 25.1. The molecule has 0 aliphatic carbocycles. The van der Waals surface area contributed by atoms with E-state index in [0.717, 1.165) is 42.5 Å². The Morgan fingerprint density at radius 1 is 0.972 bits per heavy atom. The quantitative estimate of drug-likeness (QED) is 0.256. The number of hydrogen-bond acceptors (Lipinski definition) is 4. The molecule has 0 saturated heterocycles. The highest BCUT2D eigenvalue weighted by atomic mass is 35.5. The molecule has 0 radical (unpaired) electrons. The van der Waals surface area contributed by atoms with Crippen molar-refractivity contribution in [3.05, 3.63) is 86.0 Å². The Morgan fingerprint density at radius 3 is 2.31 bits per heavy atom. The van der Waals surface area contributed by atoms with Crippen molar-refractivity contribution in [3.8, 4) is 5.75 Å². The van der Waals surface area contributed by atoms with Gasteiger partial charge in [0.1, 0.15) is 5.75 Å². The summed E-state index contributed by atoms with van der Waals surface area (Å²) in [6.45, 7) is 8.68. The molecule has 3 rings (SSSR count). The lowest BCUT2D eigenvalue weighted by Crippen LogP contribution is -2.39. The molecule has 0 atom stereocenters. The van der Waals surface area contributed by atoms with E-state index in [4.69, 9.17) is 32.7 Å². The van der Waals surface area contributed by atoms with Crippen molar-refractivity contribution in [1.29, 1.82) is 0 Å². The smallest absolute Gasteiger partial charge is 0.349 e. The van der Waals surface area contributed by atoms with E-state index in [1.165, 1.54) is 0 Å². The molecule has 0 bridgehead atoms. The van der Waals surface area contributed by atoms with E-state index in [-0.39, 0.29) is 5.69 Å². The molecule has 0 saturated carbocycles. The second-order valence-corrected chi connectivity index (χ2v) is 10.1. The van der Waals surface area contributed by atoms with Gasteiger partial charge in [-0.2, -0.15) is 0 Å². The van der Waals surface area contributed by atoms with Crippen LogP contribution in [0.3, 0.4) is 0 Å². The average Bonchev–Trinajstić information content (AvgIpc) is 3.12. The first-order valence-electron chi connectivity index (χ1n) is 12.3. The van der Waals surface area contributed by atoms with Gasteiger partial charge in [0.05, 0.1) is 23.2 Å². The van der Waals surface area contributed by atoms with Gasteiger partial charge in [0.2, 0.25) is 0 Å². The van der Waals surface area contributed by atoms with Gasteiger partial charge in [-0.25, -0.2) is 9.59 Å². The topological polar surface area (TPSA) is 62.5 Å². The van der Waals surface area contributed by atoms with Gasteiger partial charge in [0, 0.05) is 18.4 Å². The Labute approximate surface area is 222 Å². The Balaban J connectivity index is 1.63. The maximum Gasteiger partial charge on any atom is 0.349 e.